The van der Waals surface area contributed by atoms with Gasteiger partial charge in [-0.15, -0.1) is 0 Å². The second-order valence-electron chi connectivity index (χ2n) is 8.20. The van der Waals surface area contributed by atoms with Crippen LogP contribution in [0.1, 0.15) is 43.7 Å². The van der Waals surface area contributed by atoms with E-state index in [4.69, 9.17) is 20.8 Å². The van der Waals surface area contributed by atoms with Crippen LogP contribution in [-0.2, 0) is 20.5 Å². The number of nitrogens with zero attached hydrogens (tertiary/aromatic N) is 4. The van der Waals surface area contributed by atoms with Gasteiger partial charge in [-0.25, -0.2) is 10.4 Å². The summed E-state index contributed by atoms with van der Waals surface area (Å²) in [6.07, 6.45) is -4.14. The lowest BCUT2D eigenvalue weighted by Gasteiger charge is -2.38. The summed E-state index contributed by atoms with van der Waals surface area (Å²) in [5.74, 6) is -2.95. The quantitative estimate of drug-likeness (QED) is 0.576. The Hall–Kier alpha value is -3.31. The second kappa shape index (κ2) is 6.34. The van der Waals surface area contributed by atoms with Gasteiger partial charge in [0.25, 0.3) is 5.91 Å². The molecule has 0 aliphatic carbocycles. The Balaban J connectivity index is 1.88. The third kappa shape index (κ3) is 2.44. The molecule has 8 nitrogen and oxygen atoms in total. The predicted molar refractivity (Wildman–Crippen MR) is 96.3 cm³/mol. The molecular weight excluding hydrogens is 415 g/mol. The van der Waals surface area contributed by atoms with Gasteiger partial charge < -0.3 is 4.74 Å². The van der Waals surface area contributed by atoms with Gasteiger partial charge in [0.05, 0.1) is 34.6 Å². The van der Waals surface area contributed by atoms with Gasteiger partial charge in [0.1, 0.15) is 11.5 Å². The van der Waals surface area contributed by atoms with Crippen molar-refractivity contribution in [1.29, 1.82) is 16.1 Å². The summed E-state index contributed by atoms with van der Waals surface area (Å²) in [6, 6.07) is 5.99. The van der Waals surface area contributed by atoms with E-state index in [1.54, 1.807) is 6.92 Å². The van der Waals surface area contributed by atoms with Crippen molar-refractivity contribution in [1.82, 2.24) is 0 Å². The molecular formula is C20H16F3N5O3. The Morgan fingerprint density at radius 1 is 1.32 bits per heavy atom. The Labute approximate surface area is 174 Å². The SMILES string of the molecule is CC12CCC(CCC#N)(O1)[C@]1(N=N)C(=O)N(c3ccc(C#N)c(C(F)(F)F)c3)C(=O)C21. The first-order valence-electron chi connectivity index (χ1n) is 9.47. The number of ether oxygens (including phenoxy) is 1. The van der Waals surface area contributed by atoms with Gasteiger partial charge in [0.2, 0.25) is 11.4 Å². The summed E-state index contributed by atoms with van der Waals surface area (Å²) in [6.45, 7) is 1.62. The summed E-state index contributed by atoms with van der Waals surface area (Å²) in [4.78, 5) is 27.5. The van der Waals surface area contributed by atoms with Crippen LogP contribution in [-0.4, -0.2) is 28.6 Å². The van der Waals surface area contributed by atoms with Crippen LogP contribution >= 0.6 is 0 Å². The van der Waals surface area contributed by atoms with E-state index in [1.165, 1.54) is 6.07 Å². The van der Waals surface area contributed by atoms with Crippen molar-refractivity contribution in [3.8, 4) is 12.1 Å². The van der Waals surface area contributed by atoms with Crippen LogP contribution in [0.5, 0.6) is 0 Å². The molecule has 3 fully saturated rings. The molecule has 0 spiro atoms. The molecule has 11 heteroatoms. The van der Waals surface area contributed by atoms with Crippen molar-refractivity contribution >= 4 is 17.5 Å². The molecule has 1 N–H and O–H groups in total. The van der Waals surface area contributed by atoms with Crippen LogP contribution in [0.15, 0.2) is 23.3 Å². The first-order valence-corrected chi connectivity index (χ1v) is 9.47. The van der Waals surface area contributed by atoms with E-state index < -0.39 is 51.8 Å². The second-order valence-corrected chi connectivity index (χ2v) is 8.20. The zero-order chi connectivity index (χ0) is 22.8. The Bertz CT molecular complexity index is 1110. The number of anilines is 1. The molecule has 160 valence electrons. The minimum Gasteiger partial charge on any atom is -0.365 e. The van der Waals surface area contributed by atoms with Crippen molar-refractivity contribution in [3.63, 3.8) is 0 Å². The lowest BCUT2D eigenvalue weighted by atomic mass is 9.62. The van der Waals surface area contributed by atoms with E-state index in [2.05, 4.69) is 5.11 Å². The van der Waals surface area contributed by atoms with Crippen molar-refractivity contribution in [2.24, 2.45) is 11.0 Å². The maximum atomic E-state index is 13.5. The molecule has 2 bridgehead atoms. The number of fused-ring (bicyclic) bond motifs is 5. The number of alkyl halides is 3. The third-order valence-corrected chi connectivity index (χ3v) is 6.68. The standard InChI is InChI=1S/C20H16F3N5O3/c1-17-6-7-18(31-17,5-2-8-24)19(27-26)14(17)15(29)28(16(19)30)12-4-3-11(10-25)13(9-12)20(21,22)23/h3-4,9,14,26H,2,5-7H2,1H3/t14?,17?,18?,19-/m1/s1. The number of nitriles is 2. The minimum absolute atomic E-state index is 0.00334. The number of nitrogens with one attached hydrogen (secondary N) is 1. The maximum Gasteiger partial charge on any atom is 0.417 e. The summed E-state index contributed by atoms with van der Waals surface area (Å²) >= 11 is 0. The van der Waals surface area contributed by atoms with Crippen molar-refractivity contribution < 1.29 is 27.5 Å². The van der Waals surface area contributed by atoms with Crippen molar-refractivity contribution in [2.75, 3.05) is 4.90 Å². The summed E-state index contributed by atoms with van der Waals surface area (Å²) in [5, 5.41) is 21.6. The normalized spacial score (nSPS) is 33.9. The van der Waals surface area contributed by atoms with Gasteiger partial charge in [-0.1, -0.05) is 0 Å². The number of imide groups is 1. The molecule has 31 heavy (non-hydrogen) atoms. The molecule has 1 aromatic carbocycles. The fraction of sp³-hybridized carbons (Fsp3) is 0.500. The van der Waals surface area contributed by atoms with E-state index >= 15 is 0 Å². The molecule has 3 aliphatic heterocycles. The van der Waals surface area contributed by atoms with E-state index in [0.717, 1.165) is 12.1 Å². The highest BCUT2D eigenvalue weighted by atomic mass is 19.4. The van der Waals surface area contributed by atoms with Gasteiger partial charge in [0, 0.05) is 6.42 Å². The number of benzene rings is 1. The molecule has 3 heterocycles. The molecule has 3 unspecified atom stereocenters. The number of rotatable bonds is 4. The average molecular weight is 431 g/mol. The third-order valence-electron chi connectivity index (χ3n) is 6.68. The average Bonchev–Trinajstić information content (AvgIpc) is 3.27. The van der Waals surface area contributed by atoms with Crippen molar-refractivity contribution in [3.05, 3.63) is 29.3 Å². The van der Waals surface area contributed by atoms with Crippen LogP contribution in [0.25, 0.3) is 0 Å². The molecule has 3 aliphatic rings. The van der Waals surface area contributed by atoms with E-state index in [-0.39, 0.29) is 24.9 Å². The molecule has 0 aromatic heterocycles. The first kappa shape index (κ1) is 20.9. The van der Waals surface area contributed by atoms with Crippen molar-refractivity contribution in [2.45, 2.75) is 55.5 Å². The van der Waals surface area contributed by atoms with E-state index in [9.17, 15) is 22.8 Å². The number of hydrogen-bond donors (Lipinski definition) is 1. The number of halogens is 3. The Morgan fingerprint density at radius 2 is 2.03 bits per heavy atom. The smallest absolute Gasteiger partial charge is 0.365 e. The van der Waals surface area contributed by atoms with Gasteiger partial charge >= 0.3 is 6.18 Å². The largest absolute Gasteiger partial charge is 0.417 e. The van der Waals surface area contributed by atoms with Crippen LogP contribution in [0, 0.1) is 34.1 Å². The molecule has 0 radical (unpaired) electrons. The van der Waals surface area contributed by atoms with Crippen LogP contribution in [0.4, 0.5) is 18.9 Å². The molecule has 4 atom stereocenters. The summed E-state index contributed by atoms with van der Waals surface area (Å²) in [5.41, 5.74) is 1.14. The van der Waals surface area contributed by atoms with Crippen LogP contribution in [0.2, 0.25) is 0 Å². The van der Waals surface area contributed by atoms with Gasteiger partial charge in [-0.05, 0) is 44.4 Å². The zero-order valence-electron chi connectivity index (χ0n) is 16.3. The molecule has 1 aromatic rings. The van der Waals surface area contributed by atoms with Crippen LogP contribution in [0.3, 0.4) is 0 Å². The topological polar surface area (TPSA) is 130 Å². The number of hydrogen-bond acceptors (Lipinski definition) is 7. The fourth-order valence-corrected chi connectivity index (χ4v) is 5.42. The maximum absolute atomic E-state index is 13.5. The Kier molecular flexibility index (Phi) is 4.29. The molecule has 0 saturated carbocycles. The monoisotopic (exact) mass is 431 g/mol. The van der Waals surface area contributed by atoms with Gasteiger partial charge in [-0.2, -0.15) is 28.8 Å². The highest BCUT2D eigenvalue weighted by Gasteiger charge is 2.83. The fourth-order valence-electron chi connectivity index (χ4n) is 5.42. The summed E-state index contributed by atoms with van der Waals surface area (Å²) < 4.78 is 46.4. The number of carbonyl (C=O) groups is 2. The van der Waals surface area contributed by atoms with E-state index in [1.807, 2.05) is 6.07 Å². The lowest BCUT2D eigenvalue weighted by Crippen LogP contribution is -2.58. The number of carbonyl (C=O) groups excluding carboxylic acids is 2. The minimum atomic E-state index is -4.87. The molecule has 4 rings (SSSR count). The molecule has 2 amide bonds. The number of amides is 2. The lowest BCUT2D eigenvalue weighted by molar-refractivity contribution is -0.138. The summed E-state index contributed by atoms with van der Waals surface area (Å²) in [7, 11) is 0. The van der Waals surface area contributed by atoms with Gasteiger partial charge in [0.15, 0.2) is 0 Å². The Morgan fingerprint density at radius 3 is 2.61 bits per heavy atom. The molecule has 3 saturated heterocycles. The predicted octanol–water partition coefficient (Wildman–Crippen LogP) is 3.46. The van der Waals surface area contributed by atoms with Gasteiger partial charge in [-0.3, -0.25) is 9.59 Å². The highest BCUT2D eigenvalue weighted by Crippen LogP contribution is 2.66. The van der Waals surface area contributed by atoms with E-state index in [0.29, 0.717) is 17.4 Å². The zero-order valence-corrected chi connectivity index (χ0v) is 16.3. The first-order chi connectivity index (χ1) is 14.5. The highest BCUT2D eigenvalue weighted by molar-refractivity contribution is 6.27. The van der Waals surface area contributed by atoms with Crippen LogP contribution < -0.4 is 4.90 Å².